The first-order chi connectivity index (χ1) is 7.43. The molecule has 1 atom stereocenters. The van der Waals surface area contributed by atoms with E-state index in [0.717, 1.165) is 18.1 Å². The number of hydrogen-bond donors (Lipinski definition) is 1. The Morgan fingerprint density at radius 3 is 2.12 bits per heavy atom. The summed E-state index contributed by atoms with van der Waals surface area (Å²) in [6, 6.07) is 0.352. The van der Waals surface area contributed by atoms with Gasteiger partial charge in [0, 0.05) is 10.9 Å². The zero-order chi connectivity index (χ0) is 12.7. The van der Waals surface area contributed by atoms with Crippen molar-refractivity contribution in [3.8, 4) is 0 Å². The molecule has 0 spiro atoms. The third-order valence-corrected chi connectivity index (χ3v) is 3.56. The molecule has 0 aromatic carbocycles. The maximum atomic E-state index is 5.83. The molecule has 0 aliphatic rings. The van der Waals surface area contributed by atoms with Crippen molar-refractivity contribution in [2.45, 2.75) is 47.6 Å². The first-order valence-electron chi connectivity index (χ1n) is 5.74. The minimum atomic E-state index is 0.352. The largest absolute Gasteiger partial charge is 0.466 e. The van der Waals surface area contributed by atoms with Crippen LogP contribution in [0.4, 0.5) is 0 Å². The van der Waals surface area contributed by atoms with Crippen molar-refractivity contribution in [1.29, 1.82) is 0 Å². The number of hydrogen-bond acceptors (Lipinski definition) is 3. The number of rotatable bonds is 6. The summed E-state index contributed by atoms with van der Waals surface area (Å²) in [6.07, 6.45) is 2.09. The summed E-state index contributed by atoms with van der Waals surface area (Å²) in [5.41, 5.74) is 1.22. The van der Waals surface area contributed by atoms with Crippen molar-refractivity contribution in [2.24, 2.45) is 0 Å². The molecule has 0 radical (unpaired) electrons. The second-order valence-electron chi connectivity index (χ2n) is 4.06. The molecule has 16 heavy (non-hydrogen) atoms. The fourth-order valence-corrected chi connectivity index (χ4v) is 2.17. The van der Waals surface area contributed by atoms with Gasteiger partial charge in [-0.05, 0) is 53.0 Å². The van der Waals surface area contributed by atoms with Crippen molar-refractivity contribution < 1.29 is 4.74 Å². The molecule has 0 aromatic heterocycles. The summed E-state index contributed by atoms with van der Waals surface area (Å²) in [5, 5.41) is 3.41. The van der Waals surface area contributed by atoms with Crippen molar-refractivity contribution in [2.75, 3.05) is 12.8 Å². The second-order valence-corrected chi connectivity index (χ2v) is 4.91. The average molecular weight is 243 g/mol. The molecule has 1 N–H and O–H groups in total. The lowest BCUT2D eigenvalue weighted by Gasteiger charge is -2.19. The fraction of sp³-hybridized carbons (Fsp3) is 0.692. The summed E-state index contributed by atoms with van der Waals surface area (Å²) >= 11 is 1.75. The van der Waals surface area contributed by atoms with Gasteiger partial charge in [-0.25, -0.2) is 0 Å². The van der Waals surface area contributed by atoms with Crippen LogP contribution in [0.1, 0.15) is 41.5 Å². The van der Waals surface area contributed by atoms with Gasteiger partial charge in [0.05, 0.1) is 5.76 Å². The van der Waals surface area contributed by atoms with Crippen LogP contribution in [0.3, 0.4) is 0 Å². The van der Waals surface area contributed by atoms with Gasteiger partial charge in [0.2, 0.25) is 0 Å². The number of thioether (sulfide) groups is 1. The molecule has 0 bridgehead atoms. The van der Waals surface area contributed by atoms with Gasteiger partial charge < -0.3 is 10.1 Å². The van der Waals surface area contributed by atoms with E-state index in [9.17, 15) is 0 Å². The molecule has 0 aliphatic heterocycles. The second kappa shape index (κ2) is 7.80. The predicted molar refractivity (Wildman–Crippen MR) is 74.5 cm³/mol. The van der Waals surface area contributed by atoms with Gasteiger partial charge in [-0.2, -0.15) is 0 Å². The molecule has 0 saturated carbocycles. The SMILES string of the molecule is CCNC(C)C(SC)=C(C)OC(C)=C(C)C. The zero-order valence-electron chi connectivity index (χ0n) is 11.6. The van der Waals surface area contributed by atoms with E-state index in [1.54, 1.807) is 11.8 Å². The number of nitrogens with one attached hydrogen (secondary N) is 1. The van der Waals surface area contributed by atoms with Crippen molar-refractivity contribution in [3.63, 3.8) is 0 Å². The highest BCUT2D eigenvalue weighted by atomic mass is 32.2. The van der Waals surface area contributed by atoms with E-state index in [1.807, 2.05) is 13.8 Å². The van der Waals surface area contributed by atoms with Gasteiger partial charge in [0.1, 0.15) is 5.76 Å². The van der Waals surface area contributed by atoms with Crippen molar-refractivity contribution in [3.05, 3.63) is 22.0 Å². The quantitative estimate of drug-likeness (QED) is 0.715. The minimum Gasteiger partial charge on any atom is -0.466 e. The number of likely N-dealkylation sites (N-methyl/N-ethyl adjacent to an activating group) is 1. The maximum Gasteiger partial charge on any atom is 0.111 e. The van der Waals surface area contributed by atoms with Gasteiger partial charge in [-0.15, -0.1) is 11.8 Å². The molecule has 0 aromatic rings. The molecule has 0 amide bonds. The van der Waals surface area contributed by atoms with Crippen LogP contribution >= 0.6 is 11.8 Å². The van der Waals surface area contributed by atoms with Crippen LogP contribution in [0.2, 0.25) is 0 Å². The molecule has 94 valence electrons. The first-order valence-corrected chi connectivity index (χ1v) is 6.96. The molecule has 0 heterocycles. The van der Waals surface area contributed by atoms with E-state index >= 15 is 0 Å². The standard InChI is InChI=1S/C13H25NOS/c1-8-14-10(4)13(16-7)12(6)15-11(5)9(2)3/h10,14H,8H2,1-7H3. The molecule has 2 nitrogen and oxygen atoms in total. The normalized spacial score (nSPS) is 14.2. The van der Waals surface area contributed by atoms with E-state index in [4.69, 9.17) is 4.74 Å². The molecule has 0 fully saturated rings. The Morgan fingerprint density at radius 1 is 1.19 bits per heavy atom. The monoisotopic (exact) mass is 243 g/mol. The van der Waals surface area contributed by atoms with Gasteiger partial charge in [0.15, 0.2) is 0 Å². The molecular weight excluding hydrogens is 218 g/mol. The van der Waals surface area contributed by atoms with E-state index in [-0.39, 0.29) is 0 Å². The van der Waals surface area contributed by atoms with E-state index in [0.29, 0.717) is 6.04 Å². The maximum absolute atomic E-state index is 5.83. The van der Waals surface area contributed by atoms with Crippen LogP contribution < -0.4 is 5.32 Å². The summed E-state index contributed by atoms with van der Waals surface area (Å²) in [7, 11) is 0. The first kappa shape index (κ1) is 15.6. The Bertz CT molecular complexity index is 278. The average Bonchev–Trinajstić information content (AvgIpc) is 2.18. The molecule has 1 unspecified atom stereocenters. The summed E-state index contributed by atoms with van der Waals surface area (Å²) in [5.74, 6) is 1.99. The molecular formula is C13H25NOS. The molecule has 0 aliphatic carbocycles. The molecule has 0 saturated heterocycles. The van der Waals surface area contributed by atoms with E-state index in [2.05, 4.69) is 39.3 Å². The lowest BCUT2D eigenvalue weighted by atomic mass is 10.2. The Labute approximate surface area is 105 Å². The minimum absolute atomic E-state index is 0.352. The Morgan fingerprint density at radius 2 is 1.75 bits per heavy atom. The van der Waals surface area contributed by atoms with E-state index < -0.39 is 0 Å². The van der Waals surface area contributed by atoms with Gasteiger partial charge in [-0.1, -0.05) is 6.92 Å². The van der Waals surface area contributed by atoms with Crippen LogP contribution in [-0.4, -0.2) is 18.8 Å². The smallest absolute Gasteiger partial charge is 0.111 e. The Kier molecular flexibility index (Phi) is 7.60. The lowest BCUT2D eigenvalue weighted by molar-refractivity contribution is 0.299. The molecule has 3 heteroatoms. The number of ether oxygens (including phenoxy) is 1. The summed E-state index contributed by atoms with van der Waals surface area (Å²) in [4.78, 5) is 1.27. The van der Waals surface area contributed by atoms with Crippen LogP contribution in [0.15, 0.2) is 22.0 Å². The fourth-order valence-electron chi connectivity index (χ4n) is 1.41. The Hall–Kier alpha value is -0.410. The van der Waals surface area contributed by atoms with Crippen LogP contribution in [0.5, 0.6) is 0 Å². The Balaban J connectivity index is 4.81. The highest BCUT2D eigenvalue weighted by Gasteiger charge is 2.11. The van der Waals surface area contributed by atoms with Crippen LogP contribution in [0, 0.1) is 0 Å². The van der Waals surface area contributed by atoms with Crippen LogP contribution in [-0.2, 0) is 4.74 Å². The topological polar surface area (TPSA) is 21.3 Å². The summed E-state index contributed by atoms with van der Waals surface area (Å²) in [6.45, 7) is 13.4. The molecule has 0 rings (SSSR count). The third kappa shape index (κ3) is 5.08. The summed E-state index contributed by atoms with van der Waals surface area (Å²) < 4.78 is 5.83. The van der Waals surface area contributed by atoms with Crippen molar-refractivity contribution in [1.82, 2.24) is 5.32 Å². The third-order valence-electron chi connectivity index (χ3n) is 2.48. The van der Waals surface area contributed by atoms with Gasteiger partial charge in [0.25, 0.3) is 0 Å². The van der Waals surface area contributed by atoms with Gasteiger partial charge >= 0.3 is 0 Å². The number of allylic oxidation sites excluding steroid dienone is 3. The van der Waals surface area contributed by atoms with Crippen LogP contribution in [0.25, 0.3) is 0 Å². The highest BCUT2D eigenvalue weighted by molar-refractivity contribution is 8.02. The van der Waals surface area contributed by atoms with Gasteiger partial charge in [-0.3, -0.25) is 0 Å². The highest BCUT2D eigenvalue weighted by Crippen LogP contribution is 2.23. The predicted octanol–water partition coefficient (Wildman–Crippen LogP) is 3.91. The van der Waals surface area contributed by atoms with Crippen molar-refractivity contribution >= 4 is 11.8 Å². The van der Waals surface area contributed by atoms with E-state index in [1.165, 1.54) is 10.5 Å². The lowest BCUT2D eigenvalue weighted by Crippen LogP contribution is -2.27. The zero-order valence-corrected chi connectivity index (χ0v) is 12.4.